The Kier molecular flexibility index (Phi) is 6.21. The van der Waals surface area contributed by atoms with Gasteiger partial charge in [-0.3, -0.25) is 9.59 Å². The summed E-state index contributed by atoms with van der Waals surface area (Å²) >= 11 is 6.13. The summed E-state index contributed by atoms with van der Waals surface area (Å²) in [6.45, 7) is 3.39. The number of hydrogen-bond donors (Lipinski definition) is 1. The average Bonchev–Trinajstić information content (AvgIpc) is 2.92. The SMILES string of the molecule is COC(=O)c1c(CC(=O)N(C)Cc2ccccc2Cl)[nH]c(C(C)=O)c1C. The molecule has 1 aromatic heterocycles. The highest BCUT2D eigenvalue weighted by Crippen LogP contribution is 2.22. The van der Waals surface area contributed by atoms with Crippen molar-refractivity contribution in [3.8, 4) is 0 Å². The largest absolute Gasteiger partial charge is 0.465 e. The Balaban J connectivity index is 2.25. The van der Waals surface area contributed by atoms with Crippen molar-refractivity contribution < 1.29 is 19.1 Å². The number of halogens is 1. The number of hydrogen-bond acceptors (Lipinski definition) is 4. The van der Waals surface area contributed by atoms with Gasteiger partial charge in [0.15, 0.2) is 5.78 Å². The van der Waals surface area contributed by atoms with Gasteiger partial charge in [-0.25, -0.2) is 4.79 Å². The van der Waals surface area contributed by atoms with Crippen molar-refractivity contribution in [1.29, 1.82) is 0 Å². The number of rotatable bonds is 6. The summed E-state index contributed by atoms with van der Waals surface area (Å²) in [7, 11) is 2.92. The molecule has 0 radical (unpaired) electrons. The van der Waals surface area contributed by atoms with Gasteiger partial charge in [-0.2, -0.15) is 0 Å². The van der Waals surface area contributed by atoms with Crippen LogP contribution < -0.4 is 0 Å². The van der Waals surface area contributed by atoms with Crippen LogP contribution in [0.4, 0.5) is 0 Å². The first-order valence-electron chi connectivity index (χ1n) is 8.04. The lowest BCUT2D eigenvalue weighted by atomic mass is 10.1. The van der Waals surface area contributed by atoms with Crippen LogP contribution in [0.1, 0.15) is 44.6 Å². The molecular weight excluding hydrogens is 356 g/mol. The Labute approximate surface area is 157 Å². The van der Waals surface area contributed by atoms with Gasteiger partial charge in [0.2, 0.25) is 5.91 Å². The van der Waals surface area contributed by atoms with Crippen LogP contribution in [0.5, 0.6) is 0 Å². The van der Waals surface area contributed by atoms with E-state index < -0.39 is 5.97 Å². The lowest BCUT2D eigenvalue weighted by molar-refractivity contribution is -0.129. The van der Waals surface area contributed by atoms with E-state index in [4.69, 9.17) is 16.3 Å². The third-order valence-electron chi connectivity index (χ3n) is 4.19. The third-order valence-corrected chi connectivity index (χ3v) is 4.56. The van der Waals surface area contributed by atoms with Gasteiger partial charge in [0.05, 0.1) is 24.8 Å². The Morgan fingerprint density at radius 2 is 1.88 bits per heavy atom. The van der Waals surface area contributed by atoms with Crippen molar-refractivity contribution in [3.63, 3.8) is 0 Å². The second-order valence-corrected chi connectivity index (χ2v) is 6.45. The Bertz CT molecular complexity index is 857. The monoisotopic (exact) mass is 376 g/mol. The highest BCUT2D eigenvalue weighted by Gasteiger charge is 2.25. The van der Waals surface area contributed by atoms with Crippen molar-refractivity contribution in [1.82, 2.24) is 9.88 Å². The number of Topliss-reactive ketones (excluding diaryl/α,β-unsaturated/α-hetero) is 1. The highest BCUT2D eigenvalue weighted by molar-refractivity contribution is 6.31. The average molecular weight is 377 g/mol. The number of carbonyl (C=O) groups is 3. The molecule has 1 heterocycles. The van der Waals surface area contributed by atoms with Crippen LogP contribution in [0, 0.1) is 6.92 Å². The van der Waals surface area contributed by atoms with Crippen molar-refractivity contribution >= 4 is 29.3 Å². The number of likely N-dealkylation sites (N-methyl/N-ethyl adjacent to an activating group) is 1. The van der Waals surface area contributed by atoms with Crippen LogP contribution in [-0.4, -0.2) is 41.7 Å². The molecule has 0 aliphatic heterocycles. The van der Waals surface area contributed by atoms with Crippen molar-refractivity contribution in [3.05, 3.63) is 57.4 Å². The molecule has 1 amide bonds. The second-order valence-electron chi connectivity index (χ2n) is 6.04. The first-order valence-corrected chi connectivity index (χ1v) is 8.42. The first kappa shape index (κ1) is 19.7. The molecule has 1 N–H and O–H groups in total. The van der Waals surface area contributed by atoms with E-state index in [0.29, 0.717) is 28.5 Å². The summed E-state index contributed by atoms with van der Waals surface area (Å²) in [5.41, 5.74) is 2.22. The fraction of sp³-hybridized carbons (Fsp3) is 0.316. The molecule has 0 saturated carbocycles. The van der Waals surface area contributed by atoms with Crippen LogP contribution in [0.15, 0.2) is 24.3 Å². The van der Waals surface area contributed by atoms with Crippen molar-refractivity contribution in [2.75, 3.05) is 14.2 Å². The lowest BCUT2D eigenvalue weighted by Crippen LogP contribution is -2.28. The summed E-state index contributed by atoms with van der Waals surface area (Å²) in [6, 6.07) is 7.28. The normalized spacial score (nSPS) is 10.5. The fourth-order valence-electron chi connectivity index (χ4n) is 2.78. The van der Waals surface area contributed by atoms with E-state index in [9.17, 15) is 14.4 Å². The van der Waals surface area contributed by atoms with Crippen LogP contribution in [0.3, 0.4) is 0 Å². The van der Waals surface area contributed by atoms with E-state index in [1.165, 1.54) is 18.9 Å². The number of amides is 1. The van der Waals surface area contributed by atoms with E-state index in [1.807, 2.05) is 18.2 Å². The Morgan fingerprint density at radius 1 is 1.23 bits per heavy atom. The maximum Gasteiger partial charge on any atom is 0.339 e. The van der Waals surface area contributed by atoms with Gasteiger partial charge in [-0.1, -0.05) is 29.8 Å². The molecule has 6 nitrogen and oxygen atoms in total. The molecule has 0 spiro atoms. The van der Waals surface area contributed by atoms with Gasteiger partial charge in [0.1, 0.15) is 0 Å². The van der Waals surface area contributed by atoms with Gasteiger partial charge < -0.3 is 14.6 Å². The van der Waals surface area contributed by atoms with E-state index in [0.717, 1.165) is 5.56 Å². The zero-order chi connectivity index (χ0) is 19.4. The molecule has 0 aliphatic rings. The molecular formula is C19H21ClN2O4. The van der Waals surface area contributed by atoms with Gasteiger partial charge in [0, 0.05) is 31.2 Å². The minimum absolute atomic E-state index is 0.0560. The lowest BCUT2D eigenvalue weighted by Gasteiger charge is -2.18. The molecule has 0 aliphatic carbocycles. The highest BCUT2D eigenvalue weighted by atomic mass is 35.5. The second kappa shape index (κ2) is 8.19. The van der Waals surface area contributed by atoms with E-state index in [2.05, 4.69) is 4.98 Å². The summed E-state index contributed by atoms with van der Waals surface area (Å²) in [5.74, 6) is -1.01. The summed E-state index contributed by atoms with van der Waals surface area (Å²) < 4.78 is 4.79. The number of methoxy groups -OCH3 is 1. The molecule has 0 bridgehead atoms. The molecule has 0 unspecified atom stereocenters. The predicted octanol–water partition coefficient (Wildman–Crippen LogP) is 3.17. The summed E-state index contributed by atoms with van der Waals surface area (Å²) in [4.78, 5) is 40.9. The van der Waals surface area contributed by atoms with Gasteiger partial charge in [0.25, 0.3) is 0 Å². The Hall–Kier alpha value is -2.60. The van der Waals surface area contributed by atoms with Crippen LogP contribution in [0.2, 0.25) is 5.02 Å². The molecule has 0 fully saturated rings. The molecule has 2 rings (SSSR count). The quantitative estimate of drug-likeness (QED) is 0.620. The van der Waals surface area contributed by atoms with Crippen molar-refractivity contribution in [2.24, 2.45) is 0 Å². The molecule has 0 saturated heterocycles. The summed E-state index contributed by atoms with van der Waals surface area (Å²) in [5, 5.41) is 0.581. The maximum absolute atomic E-state index is 12.6. The standard InChI is InChI=1S/C19H21ClN2O4/c1-11-17(19(25)26-4)15(21-18(11)12(2)23)9-16(24)22(3)10-13-7-5-6-8-14(13)20/h5-8,21H,9-10H2,1-4H3. The van der Waals surface area contributed by atoms with E-state index in [-0.39, 0.29) is 23.7 Å². The number of ether oxygens (including phenoxy) is 1. The zero-order valence-electron chi connectivity index (χ0n) is 15.2. The molecule has 0 atom stereocenters. The molecule has 7 heteroatoms. The van der Waals surface area contributed by atoms with Crippen molar-refractivity contribution in [2.45, 2.75) is 26.8 Å². The number of aromatic nitrogens is 1. The third kappa shape index (κ3) is 4.14. The maximum atomic E-state index is 12.6. The molecule has 1 aromatic carbocycles. The number of nitrogens with one attached hydrogen (secondary N) is 1. The molecule has 26 heavy (non-hydrogen) atoms. The zero-order valence-corrected chi connectivity index (χ0v) is 15.9. The van der Waals surface area contributed by atoms with Crippen LogP contribution >= 0.6 is 11.6 Å². The predicted molar refractivity (Wildman–Crippen MR) is 98.5 cm³/mol. The fourth-order valence-corrected chi connectivity index (χ4v) is 2.97. The Morgan fingerprint density at radius 3 is 2.46 bits per heavy atom. The van der Waals surface area contributed by atoms with Gasteiger partial charge in [-0.15, -0.1) is 0 Å². The van der Waals surface area contributed by atoms with Crippen LogP contribution in [-0.2, 0) is 22.5 Å². The van der Waals surface area contributed by atoms with Gasteiger partial charge >= 0.3 is 5.97 Å². The number of benzene rings is 1. The number of H-pyrrole nitrogens is 1. The van der Waals surface area contributed by atoms with E-state index in [1.54, 1.807) is 20.0 Å². The molecule has 138 valence electrons. The number of carbonyl (C=O) groups excluding carboxylic acids is 3. The smallest absolute Gasteiger partial charge is 0.339 e. The van der Waals surface area contributed by atoms with E-state index >= 15 is 0 Å². The summed E-state index contributed by atoms with van der Waals surface area (Å²) in [6.07, 6.45) is -0.0560. The molecule has 2 aromatic rings. The number of ketones is 1. The first-order chi connectivity index (χ1) is 12.3. The minimum atomic E-state index is -0.581. The minimum Gasteiger partial charge on any atom is -0.465 e. The van der Waals surface area contributed by atoms with Crippen LogP contribution in [0.25, 0.3) is 0 Å². The number of aromatic amines is 1. The number of nitrogens with zero attached hydrogens (tertiary/aromatic N) is 1. The van der Waals surface area contributed by atoms with Gasteiger partial charge in [-0.05, 0) is 24.1 Å². The number of esters is 1. The topological polar surface area (TPSA) is 79.5 Å².